The molecule has 0 aliphatic heterocycles. The van der Waals surface area contributed by atoms with Crippen molar-refractivity contribution in [1.82, 2.24) is 20.2 Å². The van der Waals surface area contributed by atoms with Gasteiger partial charge in [-0.2, -0.15) is 4.68 Å². The molecule has 0 unspecified atom stereocenters. The Hall–Kier alpha value is -2.60. The van der Waals surface area contributed by atoms with Crippen molar-refractivity contribution in [2.45, 2.75) is 27.4 Å². The van der Waals surface area contributed by atoms with Gasteiger partial charge in [-0.15, -0.1) is 0 Å². The molecule has 0 saturated heterocycles. The van der Waals surface area contributed by atoms with E-state index in [9.17, 15) is 4.79 Å². The fraction of sp³-hybridized carbons (Fsp3) is 0.235. The van der Waals surface area contributed by atoms with Gasteiger partial charge in [-0.3, -0.25) is 0 Å². The summed E-state index contributed by atoms with van der Waals surface area (Å²) in [5.74, 6) is 0.788. The zero-order valence-electron chi connectivity index (χ0n) is 13.6. The van der Waals surface area contributed by atoms with Crippen molar-refractivity contribution >= 4 is 11.6 Å². The molecule has 6 nitrogen and oxygen atoms in total. The van der Waals surface area contributed by atoms with E-state index in [2.05, 4.69) is 28.5 Å². The van der Waals surface area contributed by atoms with E-state index in [4.69, 9.17) is 16.3 Å². The van der Waals surface area contributed by atoms with Crippen molar-refractivity contribution in [3.05, 3.63) is 68.1 Å². The lowest BCUT2D eigenvalue weighted by Gasteiger charge is -2.14. The molecule has 0 fully saturated rings. The largest absolute Gasteiger partial charge is 0.488 e. The summed E-state index contributed by atoms with van der Waals surface area (Å²) in [5.41, 5.74) is 4.21. The number of ether oxygens (including phenoxy) is 1. The maximum atomic E-state index is 11.8. The van der Waals surface area contributed by atoms with Crippen LogP contribution in [-0.4, -0.2) is 20.2 Å². The number of nitrogens with zero attached hydrogens (tertiary/aromatic N) is 3. The average Bonchev–Trinajstić information content (AvgIpc) is 2.96. The third-order valence-electron chi connectivity index (χ3n) is 3.96. The van der Waals surface area contributed by atoms with Gasteiger partial charge in [-0.25, -0.2) is 9.89 Å². The summed E-state index contributed by atoms with van der Waals surface area (Å²) in [6, 6.07) is 9.34. The first-order chi connectivity index (χ1) is 11.5. The Balaban J connectivity index is 1.95. The monoisotopic (exact) mass is 344 g/mol. The molecule has 2 aromatic carbocycles. The molecule has 24 heavy (non-hydrogen) atoms. The van der Waals surface area contributed by atoms with Crippen LogP contribution < -0.4 is 10.4 Å². The fourth-order valence-electron chi connectivity index (χ4n) is 2.48. The maximum absolute atomic E-state index is 11.8. The number of nitrogens with one attached hydrogen (secondary N) is 1. The second-order valence-electron chi connectivity index (χ2n) is 5.65. The van der Waals surface area contributed by atoms with Crippen molar-refractivity contribution in [2.24, 2.45) is 0 Å². The summed E-state index contributed by atoms with van der Waals surface area (Å²) in [5, 5.41) is 10.1. The van der Waals surface area contributed by atoms with E-state index in [0.29, 0.717) is 16.3 Å². The van der Waals surface area contributed by atoms with Gasteiger partial charge >= 0.3 is 5.69 Å². The zero-order chi connectivity index (χ0) is 17.3. The molecule has 0 atom stereocenters. The Morgan fingerprint density at radius 1 is 1.17 bits per heavy atom. The molecule has 0 bridgehead atoms. The Labute approximate surface area is 144 Å². The van der Waals surface area contributed by atoms with E-state index in [-0.39, 0.29) is 6.61 Å². The van der Waals surface area contributed by atoms with Gasteiger partial charge in [0.1, 0.15) is 12.4 Å². The topological polar surface area (TPSA) is 72.8 Å². The standard InChI is InChI=1S/C17H17ClN4O2/c1-10-7-12(3)16(8-11(10)2)24-9-13-14(18)5-4-6-15(13)22-17(23)19-20-21-22/h4-8H,9H2,1-3H3,(H,19,21,23). The first-order valence-corrected chi connectivity index (χ1v) is 7.84. The molecule has 1 N–H and O–H groups in total. The highest BCUT2D eigenvalue weighted by molar-refractivity contribution is 6.31. The quantitative estimate of drug-likeness (QED) is 0.789. The number of hydrogen-bond acceptors (Lipinski definition) is 4. The summed E-state index contributed by atoms with van der Waals surface area (Å²) in [6.07, 6.45) is 0. The van der Waals surface area contributed by atoms with E-state index in [1.807, 2.05) is 19.9 Å². The van der Waals surface area contributed by atoms with E-state index in [0.717, 1.165) is 21.6 Å². The van der Waals surface area contributed by atoms with Crippen molar-refractivity contribution in [1.29, 1.82) is 0 Å². The molecule has 0 saturated carbocycles. The number of H-pyrrole nitrogens is 1. The molecule has 0 aliphatic carbocycles. The second-order valence-corrected chi connectivity index (χ2v) is 6.05. The fourth-order valence-corrected chi connectivity index (χ4v) is 2.71. The van der Waals surface area contributed by atoms with Gasteiger partial charge in [0.15, 0.2) is 0 Å². The molecule has 3 aromatic rings. The van der Waals surface area contributed by atoms with Crippen molar-refractivity contribution < 1.29 is 4.74 Å². The van der Waals surface area contributed by atoms with E-state index in [1.165, 1.54) is 5.56 Å². The number of halogens is 1. The molecule has 0 radical (unpaired) electrons. The molecule has 124 valence electrons. The van der Waals surface area contributed by atoms with Gasteiger partial charge in [0.05, 0.1) is 5.69 Å². The van der Waals surface area contributed by atoms with Crippen LogP contribution >= 0.6 is 11.6 Å². The third kappa shape index (κ3) is 3.05. The van der Waals surface area contributed by atoms with Crippen LogP contribution in [0.25, 0.3) is 5.69 Å². The summed E-state index contributed by atoms with van der Waals surface area (Å²) >= 11 is 6.31. The molecule has 0 spiro atoms. The van der Waals surface area contributed by atoms with Gasteiger partial charge in [0.2, 0.25) is 0 Å². The summed E-state index contributed by atoms with van der Waals surface area (Å²) in [6.45, 7) is 6.32. The van der Waals surface area contributed by atoms with E-state index < -0.39 is 5.69 Å². The number of aryl methyl sites for hydroxylation is 3. The van der Waals surface area contributed by atoms with Crippen LogP contribution in [0.2, 0.25) is 5.02 Å². The van der Waals surface area contributed by atoms with Crippen LogP contribution in [0.1, 0.15) is 22.3 Å². The summed E-state index contributed by atoms with van der Waals surface area (Å²) in [4.78, 5) is 11.8. The number of rotatable bonds is 4. The molecule has 3 rings (SSSR count). The minimum Gasteiger partial charge on any atom is -0.488 e. The Morgan fingerprint density at radius 2 is 1.92 bits per heavy atom. The summed E-state index contributed by atoms with van der Waals surface area (Å²) in [7, 11) is 0. The number of aromatic amines is 1. The number of aromatic nitrogens is 4. The molecule has 0 aliphatic rings. The van der Waals surface area contributed by atoms with Crippen LogP contribution in [0.5, 0.6) is 5.75 Å². The predicted molar refractivity (Wildman–Crippen MR) is 92.0 cm³/mol. The van der Waals surface area contributed by atoms with Crippen LogP contribution in [0.4, 0.5) is 0 Å². The SMILES string of the molecule is Cc1cc(C)c(OCc2c(Cl)cccc2-n2nn[nH]c2=O)cc1C. The number of tetrazole rings is 1. The van der Waals surface area contributed by atoms with Crippen LogP contribution in [0.3, 0.4) is 0 Å². The lowest BCUT2D eigenvalue weighted by atomic mass is 10.1. The Kier molecular flexibility index (Phi) is 4.40. The van der Waals surface area contributed by atoms with Crippen molar-refractivity contribution in [2.75, 3.05) is 0 Å². The molecular weight excluding hydrogens is 328 g/mol. The maximum Gasteiger partial charge on any atom is 0.365 e. The highest BCUT2D eigenvalue weighted by Gasteiger charge is 2.14. The normalized spacial score (nSPS) is 10.8. The Morgan fingerprint density at radius 3 is 2.62 bits per heavy atom. The van der Waals surface area contributed by atoms with Crippen molar-refractivity contribution in [3.8, 4) is 11.4 Å². The van der Waals surface area contributed by atoms with Crippen molar-refractivity contribution in [3.63, 3.8) is 0 Å². The summed E-state index contributed by atoms with van der Waals surface area (Å²) < 4.78 is 7.12. The minimum absolute atomic E-state index is 0.220. The van der Waals surface area contributed by atoms with Gasteiger partial charge in [-0.05, 0) is 66.1 Å². The highest BCUT2D eigenvalue weighted by Crippen LogP contribution is 2.27. The number of hydrogen-bond donors (Lipinski definition) is 1. The molecular formula is C17H17ClN4O2. The van der Waals surface area contributed by atoms with Crippen LogP contribution in [0, 0.1) is 20.8 Å². The van der Waals surface area contributed by atoms with Crippen LogP contribution in [-0.2, 0) is 6.61 Å². The molecule has 1 heterocycles. The highest BCUT2D eigenvalue weighted by atomic mass is 35.5. The zero-order valence-corrected chi connectivity index (χ0v) is 14.4. The minimum atomic E-state index is -0.430. The molecule has 1 aromatic heterocycles. The first-order valence-electron chi connectivity index (χ1n) is 7.46. The lowest BCUT2D eigenvalue weighted by molar-refractivity contribution is 0.303. The predicted octanol–water partition coefficient (Wildman–Crippen LogP) is 3.11. The van der Waals surface area contributed by atoms with Gasteiger partial charge in [-0.1, -0.05) is 23.7 Å². The first kappa shape index (κ1) is 16.3. The molecule has 0 amide bonds. The van der Waals surface area contributed by atoms with E-state index >= 15 is 0 Å². The smallest absolute Gasteiger partial charge is 0.365 e. The van der Waals surface area contributed by atoms with Gasteiger partial charge in [0.25, 0.3) is 0 Å². The molecule has 7 heteroatoms. The van der Waals surface area contributed by atoms with E-state index in [1.54, 1.807) is 18.2 Å². The lowest BCUT2D eigenvalue weighted by Crippen LogP contribution is -2.18. The number of benzene rings is 2. The van der Waals surface area contributed by atoms with Crippen LogP contribution in [0.15, 0.2) is 35.1 Å². The second kappa shape index (κ2) is 6.49. The van der Waals surface area contributed by atoms with Gasteiger partial charge in [0, 0.05) is 10.6 Å². The van der Waals surface area contributed by atoms with Gasteiger partial charge < -0.3 is 4.74 Å². The Bertz CT molecular complexity index is 946. The third-order valence-corrected chi connectivity index (χ3v) is 4.31. The average molecular weight is 345 g/mol.